The molecule has 0 bridgehead atoms. The molecule has 0 N–H and O–H groups in total. The van der Waals surface area contributed by atoms with E-state index < -0.39 is 0 Å². The van der Waals surface area contributed by atoms with Crippen molar-refractivity contribution in [3.05, 3.63) is 82.4 Å². The van der Waals surface area contributed by atoms with Gasteiger partial charge in [-0.05, 0) is 79.3 Å². The van der Waals surface area contributed by atoms with Gasteiger partial charge in [0.1, 0.15) is 23.0 Å². The van der Waals surface area contributed by atoms with E-state index in [1.807, 2.05) is 24.3 Å². The van der Waals surface area contributed by atoms with Gasteiger partial charge in [0.15, 0.2) is 0 Å². The fraction of sp³-hybridized carbons (Fsp3) is 0.333. The van der Waals surface area contributed by atoms with E-state index in [4.69, 9.17) is 18.9 Å². The quantitative estimate of drug-likeness (QED) is 0.432. The van der Waals surface area contributed by atoms with Crippen molar-refractivity contribution in [2.45, 2.75) is 32.6 Å². The van der Waals surface area contributed by atoms with E-state index in [1.54, 1.807) is 28.4 Å². The van der Waals surface area contributed by atoms with E-state index in [2.05, 4.69) is 44.2 Å². The molecule has 3 aromatic rings. The maximum Gasteiger partial charge on any atom is 0.126 e. The summed E-state index contributed by atoms with van der Waals surface area (Å²) in [6.07, 6.45) is 1.70. The van der Waals surface area contributed by atoms with Crippen molar-refractivity contribution in [2.24, 2.45) is 0 Å². The maximum atomic E-state index is 5.59. The maximum absolute atomic E-state index is 5.59. The zero-order valence-electron chi connectivity index (χ0n) is 19.2. The lowest BCUT2D eigenvalue weighted by molar-refractivity contribution is 0.383. The van der Waals surface area contributed by atoms with E-state index in [0.29, 0.717) is 0 Å². The van der Waals surface area contributed by atoms with Crippen molar-refractivity contribution >= 4 is 0 Å². The largest absolute Gasteiger partial charge is 0.496 e. The monoisotopic (exact) mass is 419 g/mol. The molecule has 0 aliphatic heterocycles. The zero-order chi connectivity index (χ0) is 22.4. The number of aryl methyl sites for hydroxylation is 2. The molecule has 0 aromatic heterocycles. The van der Waals surface area contributed by atoms with Gasteiger partial charge in [0.05, 0.1) is 28.4 Å². The average Bonchev–Trinajstić information content (AvgIpc) is 2.79. The van der Waals surface area contributed by atoms with E-state index in [-0.39, 0.29) is 5.92 Å². The summed E-state index contributed by atoms with van der Waals surface area (Å²) in [6, 6.07) is 19.7. The molecular formula is C27H31O4. The van der Waals surface area contributed by atoms with Gasteiger partial charge in [-0.25, -0.2) is 0 Å². The molecule has 3 aromatic carbocycles. The predicted octanol–water partition coefficient (Wildman–Crippen LogP) is 5.90. The molecule has 1 radical (unpaired) electrons. The summed E-state index contributed by atoms with van der Waals surface area (Å²) in [6.45, 7) is 4.16. The second-order valence-electron chi connectivity index (χ2n) is 7.62. The third kappa shape index (κ3) is 4.96. The molecule has 0 aliphatic rings. The number of methoxy groups -OCH3 is 4. The lowest BCUT2D eigenvalue weighted by Gasteiger charge is -2.22. The van der Waals surface area contributed by atoms with E-state index in [1.165, 1.54) is 11.1 Å². The smallest absolute Gasteiger partial charge is 0.126 e. The molecule has 0 spiro atoms. The predicted molar refractivity (Wildman–Crippen MR) is 124 cm³/mol. The summed E-state index contributed by atoms with van der Waals surface area (Å²) in [5, 5.41) is 0. The molecule has 0 fully saturated rings. The Morgan fingerprint density at radius 3 is 1.52 bits per heavy atom. The average molecular weight is 420 g/mol. The van der Waals surface area contributed by atoms with Crippen molar-refractivity contribution < 1.29 is 18.9 Å². The van der Waals surface area contributed by atoms with E-state index in [9.17, 15) is 0 Å². The fourth-order valence-electron chi connectivity index (χ4n) is 4.15. The SMILES string of the molecule is COc1ccc(C(CCc2c(OC)c[c]cc2OC)c2ccc(OC)c(C)c2)cc1C. The summed E-state index contributed by atoms with van der Waals surface area (Å²) in [5.74, 6) is 3.60. The Labute approximate surface area is 185 Å². The van der Waals surface area contributed by atoms with E-state index >= 15 is 0 Å². The molecule has 3 rings (SSSR count). The van der Waals surface area contributed by atoms with Crippen LogP contribution in [0.2, 0.25) is 0 Å². The molecule has 0 amide bonds. The van der Waals surface area contributed by atoms with Gasteiger partial charge in [-0.3, -0.25) is 0 Å². The van der Waals surface area contributed by atoms with Crippen LogP contribution in [0, 0.1) is 19.9 Å². The Morgan fingerprint density at radius 2 is 1.13 bits per heavy atom. The topological polar surface area (TPSA) is 36.9 Å². The van der Waals surface area contributed by atoms with E-state index in [0.717, 1.165) is 52.5 Å². The van der Waals surface area contributed by atoms with Crippen LogP contribution in [0.25, 0.3) is 0 Å². The van der Waals surface area contributed by atoms with Crippen LogP contribution in [0.4, 0.5) is 0 Å². The van der Waals surface area contributed by atoms with Crippen LogP contribution in [-0.4, -0.2) is 28.4 Å². The van der Waals surface area contributed by atoms with Gasteiger partial charge in [0.25, 0.3) is 0 Å². The van der Waals surface area contributed by atoms with Gasteiger partial charge in [0.2, 0.25) is 0 Å². The minimum Gasteiger partial charge on any atom is -0.496 e. The summed E-state index contributed by atoms with van der Waals surface area (Å²) >= 11 is 0. The number of hydrogen-bond acceptors (Lipinski definition) is 4. The standard InChI is InChI=1S/C27H31O4/c1-18-16-20(10-14-24(18)28-3)22(21-11-15-25(29-4)19(2)17-21)12-13-23-26(30-5)8-7-9-27(23)31-6/h8-11,14-17,22H,12-13H2,1-6H3. The molecule has 163 valence electrons. The van der Waals surface area contributed by atoms with Gasteiger partial charge >= 0.3 is 0 Å². The highest BCUT2D eigenvalue weighted by Gasteiger charge is 2.19. The molecule has 0 saturated carbocycles. The summed E-state index contributed by atoms with van der Waals surface area (Å²) in [4.78, 5) is 0. The Balaban J connectivity index is 2.01. The number of hydrogen-bond donors (Lipinski definition) is 0. The molecule has 0 aliphatic carbocycles. The van der Waals surface area contributed by atoms with Gasteiger partial charge < -0.3 is 18.9 Å². The van der Waals surface area contributed by atoms with Crippen LogP contribution in [-0.2, 0) is 6.42 Å². The highest BCUT2D eigenvalue weighted by atomic mass is 16.5. The van der Waals surface area contributed by atoms with Gasteiger partial charge in [-0.2, -0.15) is 0 Å². The van der Waals surface area contributed by atoms with Crippen molar-refractivity contribution in [2.75, 3.05) is 28.4 Å². The number of rotatable bonds is 9. The van der Waals surface area contributed by atoms with Crippen molar-refractivity contribution in [3.63, 3.8) is 0 Å². The van der Waals surface area contributed by atoms with Crippen molar-refractivity contribution in [1.82, 2.24) is 0 Å². The molecule has 4 heteroatoms. The van der Waals surface area contributed by atoms with Crippen molar-refractivity contribution in [1.29, 1.82) is 0 Å². The fourth-order valence-corrected chi connectivity index (χ4v) is 4.15. The molecular weight excluding hydrogens is 388 g/mol. The third-order valence-electron chi connectivity index (χ3n) is 5.79. The van der Waals surface area contributed by atoms with Gasteiger partial charge in [-0.1, -0.05) is 24.3 Å². The highest BCUT2D eigenvalue weighted by molar-refractivity contribution is 5.47. The summed E-state index contributed by atoms with van der Waals surface area (Å²) < 4.78 is 22.1. The highest BCUT2D eigenvalue weighted by Crippen LogP contribution is 2.37. The first kappa shape index (κ1) is 22.5. The number of benzene rings is 3. The Kier molecular flexibility index (Phi) is 7.45. The van der Waals surface area contributed by atoms with Crippen LogP contribution in [0.3, 0.4) is 0 Å². The molecule has 4 nitrogen and oxygen atoms in total. The number of ether oxygens (including phenoxy) is 4. The first-order valence-corrected chi connectivity index (χ1v) is 10.4. The van der Waals surface area contributed by atoms with Gasteiger partial charge in [-0.15, -0.1) is 0 Å². The van der Waals surface area contributed by atoms with Crippen LogP contribution in [0.5, 0.6) is 23.0 Å². The summed E-state index contributed by atoms with van der Waals surface area (Å²) in [5.41, 5.74) is 5.82. The summed E-state index contributed by atoms with van der Waals surface area (Å²) in [7, 11) is 6.78. The first-order chi connectivity index (χ1) is 15.0. The Morgan fingerprint density at radius 1 is 0.677 bits per heavy atom. The molecule has 0 atom stereocenters. The lowest BCUT2D eigenvalue weighted by atomic mass is 9.84. The van der Waals surface area contributed by atoms with Crippen LogP contribution >= 0.6 is 0 Å². The normalized spacial score (nSPS) is 10.8. The molecule has 0 unspecified atom stereocenters. The minimum atomic E-state index is 0.202. The molecule has 31 heavy (non-hydrogen) atoms. The minimum absolute atomic E-state index is 0.202. The van der Waals surface area contributed by atoms with Crippen molar-refractivity contribution in [3.8, 4) is 23.0 Å². The molecule has 0 saturated heterocycles. The second-order valence-corrected chi connectivity index (χ2v) is 7.62. The zero-order valence-corrected chi connectivity index (χ0v) is 19.2. The second kappa shape index (κ2) is 10.3. The van der Waals surface area contributed by atoms with Crippen LogP contribution < -0.4 is 18.9 Å². The third-order valence-corrected chi connectivity index (χ3v) is 5.79. The van der Waals surface area contributed by atoms with Crippen LogP contribution in [0.1, 0.15) is 40.2 Å². The Hall–Kier alpha value is -3.14. The van der Waals surface area contributed by atoms with Gasteiger partial charge in [0, 0.05) is 11.5 Å². The lowest BCUT2D eigenvalue weighted by Crippen LogP contribution is -2.06. The Bertz CT molecular complexity index is 950. The molecule has 0 heterocycles. The van der Waals surface area contributed by atoms with Crippen LogP contribution in [0.15, 0.2) is 48.5 Å². The first-order valence-electron chi connectivity index (χ1n) is 10.4.